The number of nitrogens with zero attached hydrogens (tertiary/aromatic N) is 2. The summed E-state index contributed by atoms with van der Waals surface area (Å²) in [6, 6.07) is 2.71. The Hall–Kier alpha value is -1.09. The molecule has 1 heterocycles. The van der Waals surface area contributed by atoms with Crippen LogP contribution in [0.15, 0.2) is 12.3 Å². The number of hydrogen-bond acceptors (Lipinski definition) is 3. The summed E-state index contributed by atoms with van der Waals surface area (Å²) >= 11 is 0. The zero-order valence-corrected chi connectivity index (χ0v) is 10.8. The van der Waals surface area contributed by atoms with Crippen LogP contribution in [-0.2, 0) is 6.42 Å². The molecule has 90 valence electrons. The molecule has 3 nitrogen and oxygen atoms in total. The highest BCUT2D eigenvalue weighted by Gasteiger charge is 2.11. The lowest BCUT2D eigenvalue weighted by molar-refractivity contribution is 0.655. The summed E-state index contributed by atoms with van der Waals surface area (Å²) in [6.45, 7) is 7.21. The molecule has 0 spiro atoms. The highest BCUT2D eigenvalue weighted by atomic mass is 15.2. The van der Waals surface area contributed by atoms with Gasteiger partial charge in [0.05, 0.1) is 0 Å². The second kappa shape index (κ2) is 5.85. The fourth-order valence-electron chi connectivity index (χ4n) is 1.78. The lowest BCUT2D eigenvalue weighted by Gasteiger charge is -2.26. The second-order valence-corrected chi connectivity index (χ2v) is 4.39. The topological polar surface area (TPSA) is 42.2 Å². The maximum absolute atomic E-state index is 5.54. The molecule has 0 fully saturated rings. The third-order valence-corrected chi connectivity index (χ3v) is 3.13. The smallest absolute Gasteiger partial charge is 0.131 e. The molecular weight excluding hydrogens is 198 g/mol. The van der Waals surface area contributed by atoms with Crippen LogP contribution >= 0.6 is 0 Å². The Morgan fingerprint density at radius 2 is 2.19 bits per heavy atom. The summed E-state index contributed by atoms with van der Waals surface area (Å²) in [6.07, 6.45) is 3.97. The van der Waals surface area contributed by atoms with Crippen molar-refractivity contribution >= 4 is 5.82 Å². The zero-order chi connectivity index (χ0) is 12.1. The number of anilines is 1. The van der Waals surface area contributed by atoms with Gasteiger partial charge < -0.3 is 10.6 Å². The van der Waals surface area contributed by atoms with E-state index in [1.54, 1.807) is 0 Å². The number of aryl methyl sites for hydroxylation is 1. The first-order chi connectivity index (χ1) is 7.60. The molecule has 3 heteroatoms. The van der Waals surface area contributed by atoms with Crippen LogP contribution in [0.2, 0.25) is 0 Å². The fraction of sp³-hybridized carbons (Fsp3) is 0.615. The second-order valence-electron chi connectivity index (χ2n) is 4.39. The minimum atomic E-state index is 0.520. The first-order valence-electron chi connectivity index (χ1n) is 5.98. The molecule has 1 rings (SSSR count). The summed E-state index contributed by atoms with van der Waals surface area (Å²) in [5.41, 5.74) is 7.99. The molecule has 0 aliphatic carbocycles. The molecule has 0 aromatic carbocycles. The van der Waals surface area contributed by atoms with E-state index < -0.39 is 0 Å². The number of aromatic nitrogens is 1. The molecule has 1 aromatic rings. The van der Waals surface area contributed by atoms with Crippen LogP contribution in [0.5, 0.6) is 0 Å². The van der Waals surface area contributed by atoms with E-state index in [9.17, 15) is 0 Å². The largest absolute Gasteiger partial charge is 0.357 e. The molecule has 1 aromatic heterocycles. The van der Waals surface area contributed by atoms with Crippen LogP contribution < -0.4 is 10.6 Å². The van der Waals surface area contributed by atoms with Gasteiger partial charge in [-0.05, 0) is 44.4 Å². The first kappa shape index (κ1) is 13.0. The van der Waals surface area contributed by atoms with Crippen LogP contribution in [0.4, 0.5) is 5.82 Å². The summed E-state index contributed by atoms with van der Waals surface area (Å²) in [5, 5.41) is 0. The van der Waals surface area contributed by atoms with E-state index >= 15 is 0 Å². The third-order valence-electron chi connectivity index (χ3n) is 3.13. The van der Waals surface area contributed by atoms with Gasteiger partial charge in [0.25, 0.3) is 0 Å². The van der Waals surface area contributed by atoms with Crippen molar-refractivity contribution in [3.63, 3.8) is 0 Å². The van der Waals surface area contributed by atoms with Gasteiger partial charge in [-0.3, -0.25) is 0 Å². The Bertz CT molecular complexity index is 336. The summed E-state index contributed by atoms with van der Waals surface area (Å²) in [4.78, 5) is 6.77. The maximum atomic E-state index is 5.54. The molecule has 1 unspecified atom stereocenters. The van der Waals surface area contributed by atoms with Gasteiger partial charge in [0.15, 0.2) is 0 Å². The minimum Gasteiger partial charge on any atom is -0.357 e. The van der Waals surface area contributed by atoms with Gasteiger partial charge in [0.2, 0.25) is 0 Å². The SMILES string of the molecule is CCC(C)N(C)c1ncc(CCN)cc1C. The van der Waals surface area contributed by atoms with Crippen molar-refractivity contribution in [1.82, 2.24) is 4.98 Å². The van der Waals surface area contributed by atoms with Gasteiger partial charge >= 0.3 is 0 Å². The zero-order valence-electron chi connectivity index (χ0n) is 10.8. The number of hydrogen-bond donors (Lipinski definition) is 1. The maximum Gasteiger partial charge on any atom is 0.131 e. The normalized spacial score (nSPS) is 12.6. The summed E-state index contributed by atoms with van der Waals surface area (Å²) in [5.74, 6) is 1.08. The van der Waals surface area contributed by atoms with E-state index in [4.69, 9.17) is 5.73 Å². The van der Waals surface area contributed by atoms with Crippen molar-refractivity contribution in [2.45, 2.75) is 39.7 Å². The van der Waals surface area contributed by atoms with Crippen LogP contribution in [0, 0.1) is 6.92 Å². The Morgan fingerprint density at radius 1 is 1.50 bits per heavy atom. The highest BCUT2D eigenvalue weighted by Crippen LogP contribution is 2.19. The fourth-order valence-corrected chi connectivity index (χ4v) is 1.78. The van der Waals surface area contributed by atoms with Crippen molar-refractivity contribution in [3.05, 3.63) is 23.4 Å². The van der Waals surface area contributed by atoms with E-state index in [1.165, 1.54) is 11.1 Å². The summed E-state index contributed by atoms with van der Waals surface area (Å²) < 4.78 is 0. The van der Waals surface area contributed by atoms with Gasteiger partial charge in [-0.2, -0.15) is 0 Å². The Balaban J connectivity index is 2.89. The van der Waals surface area contributed by atoms with E-state index in [1.807, 2.05) is 6.20 Å². The lowest BCUT2D eigenvalue weighted by atomic mass is 10.1. The number of nitrogens with two attached hydrogens (primary N) is 1. The quantitative estimate of drug-likeness (QED) is 0.828. The van der Waals surface area contributed by atoms with Gasteiger partial charge in [-0.25, -0.2) is 4.98 Å². The Labute approximate surface area is 98.7 Å². The predicted octanol–water partition coefficient (Wildman–Crippen LogP) is 2.13. The van der Waals surface area contributed by atoms with E-state index in [0.717, 1.165) is 18.7 Å². The summed E-state index contributed by atoms with van der Waals surface area (Å²) in [7, 11) is 2.10. The molecule has 0 aliphatic rings. The molecular formula is C13H23N3. The van der Waals surface area contributed by atoms with Crippen molar-refractivity contribution in [1.29, 1.82) is 0 Å². The monoisotopic (exact) mass is 221 g/mol. The van der Waals surface area contributed by atoms with Crippen LogP contribution in [0.25, 0.3) is 0 Å². The van der Waals surface area contributed by atoms with E-state index in [0.29, 0.717) is 12.6 Å². The van der Waals surface area contributed by atoms with Gasteiger partial charge in [-0.1, -0.05) is 13.0 Å². The number of rotatable bonds is 5. The predicted molar refractivity (Wildman–Crippen MR) is 69.9 cm³/mol. The van der Waals surface area contributed by atoms with Crippen LogP contribution in [0.3, 0.4) is 0 Å². The van der Waals surface area contributed by atoms with Crippen molar-refractivity contribution in [2.24, 2.45) is 5.73 Å². The Morgan fingerprint density at radius 3 is 2.69 bits per heavy atom. The average Bonchev–Trinajstić information content (AvgIpc) is 2.28. The number of pyridine rings is 1. The van der Waals surface area contributed by atoms with Crippen LogP contribution in [-0.4, -0.2) is 24.6 Å². The molecule has 1 atom stereocenters. The molecule has 0 saturated heterocycles. The standard InChI is InChI=1S/C13H23N3/c1-5-11(3)16(4)13-10(2)8-12(6-7-14)9-15-13/h8-9,11H,5-7,14H2,1-4H3. The minimum absolute atomic E-state index is 0.520. The molecule has 16 heavy (non-hydrogen) atoms. The molecule has 0 radical (unpaired) electrons. The van der Waals surface area contributed by atoms with E-state index in [-0.39, 0.29) is 0 Å². The molecule has 0 amide bonds. The molecule has 0 bridgehead atoms. The Kier molecular flexibility index (Phi) is 4.74. The van der Waals surface area contributed by atoms with Crippen molar-refractivity contribution in [2.75, 3.05) is 18.5 Å². The average molecular weight is 221 g/mol. The van der Waals surface area contributed by atoms with Crippen molar-refractivity contribution < 1.29 is 0 Å². The van der Waals surface area contributed by atoms with E-state index in [2.05, 4.69) is 43.8 Å². The van der Waals surface area contributed by atoms with Crippen molar-refractivity contribution in [3.8, 4) is 0 Å². The molecule has 0 aliphatic heterocycles. The first-order valence-corrected chi connectivity index (χ1v) is 5.98. The highest BCUT2D eigenvalue weighted by molar-refractivity contribution is 5.47. The third kappa shape index (κ3) is 2.95. The van der Waals surface area contributed by atoms with Gasteiger partial charge in [0, 0.05) is 19.3 Å². The van der Waals surface area contributed by atoms with Gasteiger partial charge in [0.1, 0.15) is 5.82 Å². The lowest BCUT2D eigenvalue weighted by Crippen LogP contribution is -2.29. The van der Waals surface area contributed by atoms with Crippen LogP contribution in [0.1, 0.15) is 31.4 Å². The molecule has 0 saturated carbocycles. The molecule has 2 N–H and O–H groups in total. The van der Waals surface area contributed by atoms with Gasteiger partial charge in [-0.15, -0.1) is 0 Å².